The molecule has 5 nitrogen and oxygen atoms in total. The van der Waals surface area contributed by atoms with E-state index in [2.05, 4.69) is 0 Å². The largest absolute Gasteiger partial charge is 0.243 e. The van der Waals surface area contributed by atoms with Crippen LogP contribution in [0.2, 0.25) is 0 Å². The van der Waals surface area contributed by atoms with Crippen LogP contribution in [0.1, 0.15) is 19.8 Å². The SMILES string of the molecule is CCCN([C@H]1CCS(=O)(=O)C1)S(=O)(=O)c1ccccc1. The van der Waals surface area contributed by atoms with E-state index in [1.165, 1.54) is 4.31 Å². The second-order valence-electron chi connectivity index (χ2n) is 4.99. The lowest BCUT2D eigenvalue weighted by Gasteiger charge is -2.26. The number of hydrogen-bond acceptors (Lipinski definition) is 4. The number of benzene rings is 1. The smallest absolute Gasteiger partial charge is 0.229 e. The second kappa shape index (κ2) is 5.83. The summed E-state index contributed by atoms with van der Waals surface area (Å²) in [5.41, 5.74) is 0. The van der Waals surface area contributed by atoms with Crippen molar-refractivity contribution in [3.63, 3.8) is 0 Å². The van der Waals surface area contributed by atoms with Gasteiger partial charge in [-0.2, -0.15) is 4.31 Å². The van der Waals surface area contributed by atoms with E-state index < -0.39 is 25.9 Å². The minimum Gasteiger partial charge on any atom is -0.229 e. The van der Waals surface area contributed by atoms with E-state index in [4.69, 9.17) is 0 Å². The molecule has 7 heteroatoms. The number of sulfonamides is 1. The highest BCUT2D eigenvalue weighted by atomic mass is 32.2. The van der Waals surface area contributed by atoms with E-state index in [0.29, 0.717) is 19.4 Å². The maximum Gasteiger partial charge on any atom is 0.243 e. The molecule has 1 aliphatic rings. The van der Waals surface area contributed by atoms with E-state index in [0.717, 1.165) is 0 Å². The summed E-state index contributed by atoms with van der Waals surface area (Å²) < 4.78 is 49.8. The Kier molecular flexibility index (Phi) is 4.51. The first-order valence-corrected chi connectivity index (χ1v) is 9.90. The minimum atomic E-state index is -3.63. The van der Waals surface area contributed by atoms with Crippen molar-refractivity contribution in [2.75, 3.05) is 18.1 Å². The van der Waals surface area contributed by atoms with Crippen LogP contribution in [0.25, 0.3) is 0 Å². The van der Waals surface area contributed by atoms with Crippen molar-refractivity contribution >= 4 is 19.9 Å². The molecule has 1 saturated heterocycles. The molecule has 0 bridgehead atoms. The third-order valence-corrected chi connectivity index (χ3v) is 7.13. The molecule has 0 radical (unpaired) electrons. The monoisotopic (exact) mass is 317 g/mol. The summed E-state index contributed by atoms with van der Waals surface area (Å²) in [6, 6.07) is 7.74. The Bertz CT molecular complexity index is 653. The van der Waals surface area contributed by atoms with E-state index >= 15 is 0 Å². The second-order valence-corrected chi connectivity index (χ2v) is 9.10. The molecule has 1 aromatic carbocycles. The van der Waals surface area contributed by atoms with Gasteiger partial charge in [-0.05, 0) is 25.0 Å². The van der Waals surface area contributed by atoms with Gasteiger partial charge in [0.2, 0.25) is 10.0 Å². The standard InChI is InChI=1S/C13H19NO4S2/c1-2-9-14(12-8-10-19(15,16)11-12)20(17,18)13-6-4-3-5-7-13/h3-7,12H,2,8-11H2,1H3/t12-/m0/s1. The zero-order chi connectivity index (χ0) is 14.8. The first-order chi connectivity index (χ1) is 9.37. The van der Waals surface area contributed by atoms with Gasteiger partial charge in [0, 0.05) is 12.6 Å². The molecule has 0 aliphatic carbocycles. The highest BCUT2D eigenvalue weighted by Gasteiger charge is 2.38. The van der Waals surface area contributed by atoms with Gasteiger partial charge in [0.15, 0.2) is 9.84 Å². The van der Waals surface area contributed by atoms with Crippen LogP contribution >= 0.6 is 0 Å². The fraction of sp³-hybridized carbons (Fsp3) is 0.538. The van der Waals surface area contributed by atoms with E-state index in [9.17, 15) is 16.8 Å². The first kappa shape index (κ1) is 15.5. The van der Waals surface area contributed by atoms with Crippen LogP contribution in [-0.4, -0.2) is 45.2 Å². The third kappa shape index (κ3) is 3.21. The van der Waals surface area contributed by atoms with Crippen LogP contribution in [0.5, 0.6) is 0 Å². The van der Waals surface area contributed by atoms with Crippen molar-refractivity contribution in [1.29, 1.82) is 0 Å². The summed E-state index contributed by atoms with van der Waals surface area (Å²) in [5, 5.41) is 0. The molecule has 1 aromatic rings. The number of hydrogen-bond donors (Lipinski definition) is 0. The molecule has 0 saturated carbocycles. The average molecular weight is 317 g/mol. The molecular formula is C13H19NO4S2. The lowest BCUT2D eigenvalue weighted by atomic mass is 10.2. The fourth-order valence-electron chi connectivity index (χ4n) is 2.45. The number of sulfone groups is 1. The highest BCUT2D eigenvalue weighted by molar-refractivity contribution is 7.92. The predicted molar refractivity (Wildman–Crippen MR) is 77.7 cm³/mol. The normalized spacial score (nSPS) is 22.2. The zero-order valence-electron chi connectivity index (χ0n) is 11.4. The minimum absolute atomic E-state index is 0.0704. The van der Waals surface area contributed by atoms with Gasteiger partial charge < -0.3 is 0 Å². The van der Waals surface area contributed by atoms with Crippen molar-refractivity contribution < 1.29 is 16.8 Å². The lowest BCUT2D eigenvalue weighted by Crippen LogP contribution is -2.41. The molecule has 1 heterocycles. The zero-order valence-corrected chi connectivity index (χ0v) is 13.0. The first-order valence-electron chi connectivity index (χ1n) is 6.64. The van der Waals surface area contributed by atoms with Crippen molar-refractivity contribution in [3.05, 3.63) is 30.3 Å². The Morgan fingerprint density at radius 2 is 1.90 bits per heavy atom. The number of nitrogens with zero attached hydrogens (tertiary/aromatic N) is 1. The van der Waals surface area contributed by atoms with E-state index in [1.807, 2.05) is 6.92 Å². The Hall–Kier alpha value is -0.920. The van der Waals surface area contributed by atoms with Gasteiger partial charge in [-0.3, -0.25) is 0 Å². The van der Waals surface area contributed by atoms with Crippen LogP contribution in [0.15, 0.2) is 35.2 Å². The maximum atomic E-state index is 12.7. The van der Waals surface area contributed by atoms with Crippen molar-refractivity contribution in [2.45, 2.75) is 30.7 Å². The molecular weight excluding hydrogens is 298 g/mol. The fourth-order valence-corrected chi connectivity index (χ4v) is 6.04. The molecule has 0 unspecified atom stereocenters. The van der Waals surface area contributed by atoms with Crippen molar-refractivity contribution in [2.24, 2.45) is 0 Å². The average Bonchev–Trinajstić information content (AvgIpc) is 2.77. The van der Waals surface area contributed by atoms with Gasteiger partial charge in [-0.25, -0.2) is 16.8 Å². The summed E-state index contributed by atoms with van der Waals surface area (Å²) in [6.07, 6.45) is 1.04. The van der Waals surface area contributed by atoms with Gasteiger partial charge >= 0.3 is 0 Å². The van der Waals surface area contributed by atoms with E-state index in [-0.39, 0.29) is 16.4 Å². The molecule has 1 fully saturated rings. The lowest BCUT2D eigenvalue weighted by molar-refractivity contribution is 0.340. The van der Waals surface area contributed by atoms with Crippen molar-refractivity contribution in [3.8, 4) is 0 Å². The maximum absolute atomic E-state index is 12.7. The van der Waals surface area contributed by atoms with Gasteiger partial charge in [-0.15, -0.1) is 0 Å². The van der Waals surface area contributed by atoms with Gasteiger partial charge in [0.25, 0.3) is 0 Å². The summed E-state index contributed by atoms with van der Waals surface area (Å²) in [4.78, 5) is 0.220. The summed E-state index contributed by atoms with van der Waals surface area (Å²) >= 11 is 0. The Morgan fingerprint density at radius 1 is 1.25 bits per heavy atom. The Morgan fingerprint density at radius 3 is 2.40 bits per heavy atom. The summed E-state index contributed by atoms with van der Waals surface area (Å²) in [7, 11) is -6.74. The molecule has 1 atom stereocenters. The van der Waals surface area contributed by atoms with Gasteiger partial charge in [0.1, 0.15) is 0 Å². The molecule has 112 valence electrons. The van der Waals surface area contributed by atoms with Crippen molar-refractivity contribution in [1.82, 2.24) is 4.31 Å². The molecule has 0 amide bonds. The molecule has 1 aliphatic heterocycles. The number of rotatable bonds is 5. The predicted octanol–water partition coefficient (Wildman–Crippen LogP) is 1.27. The molecule has 0 N–H and O–H groups in total. The molecule has 2 rings (SSSR count). The molecule has 0 spiro atoms. The van der Waals surface area contributed by atoms with Gasteiger partial charge in [-0.1, -0.05) is 25.1 Å². The van der Waals surface area contributed by atoms with Crippen LogP contribution in [0.4, 0.5) is 0 Å². The third-order valence-electron chi connectivity index (χ3n) is 3.41. The quantitative estimate of drug-likeness (QED) is 0.820. The summed E-state index contributed by atoms with van der Waals surface area (Å²) in [5.74, 6) is 0.00124. The highest BCUT2D eigenvalue weighted by Crippen LogP contribution is 2.25. The van der Waals surface area contributed by atoms with Crippen LogP contribution in [0.3, 0.4) is 0 Å². The van der Waals surface area contributed by atoms with Crippen LogP contribution in [-0.2, 0) is 19.9 Å². The van der Waals surface area contributed by atoms with Crippen LogP contribution < -0.4 is 0 Å². The van der Waals surface area contributed by atoms with Gasteiger partial charge in [0.05, 0.1) is 16.4 Å². The molecule has 0 aromatic heterocycles. The Labute approximate surface area is 120 Å². The Balaban J connectivity index is 2.34. The molecule has 20 heavy (non-hydrogen) atoms. The topological polar surface area (TPSA) is 71.5 Å². The summed E-state index contributed by atoms with van der Waals surface area (Å²) in [6.45, 7) is 2.23. The van der Waals surface area contributed by atoms with Crippen LogP contribution in [0, 0.1) is 0 Å². The van der Waals surface area contributed by atoms with E-state index in [1.54, 1.807) is 30.3 Å².